The summed E-state index contributed by atoms with van der Waals surface area (Å²) in [7, 11) is 0. The van der Waals surface area contributed by atoms with E-state index in [2.05, 4.69) is 31.9 Å². The second kappa shape index (κ2) is 6.61. The molecule has 2 nitrogen and oxygen atoms in total. The molecule has 6 heteroatoms. The van der Waals surface area contributed by atoms with E-state index < -0.39 is 0 Å². The number of esters is 1. The lowest BCUT2D eigenvalue weighted by molar-refractivity contribution is -0.147. The molecule has 0 spiro atoms. The molecule has 1 fully saturated rings. The fourth-order valence-corrected chi connectivity index (χ4v) is 4.17. The highest BCUT2D eigenvalue weighted by Gasteiger charge is 2.61. The topological polar surface area (TPSA) is 26.3 Å². The van der Waals surface area contributed by atoms with Crippen LogP contribution in [-0.4, -0.2) is 5.97 Å². The third-order valence-corrected chi connectivity index (χ3v) is 4.94. The first-order valence-corrected chi connectivity index (χ1v) is 8.70. The van der Waals surface area contributed by atoms with Gasteiger partial charge in [-0.25, -0.2) is 0 Å². The molecule has 0 bridgehead atoms. The number of carbonyl (C=O) groups is 1. The van der Waals surface area contributed by atoms with E-state index >= 15 is 0 Å². The van der Waals surface area contributed by atoms with Crippen LogP contribution in [-0.2, 0) is 16.1 Å². The molecule has 0 amide bonds. The quantitative estimate of drug-likeness (QED) is 0.531. The summed E-state index contributed by atoms with van der Waals surface area (Å²) >= 11 is 18.2. The number of rotatable bonds is 4. The average molecular weight is 457 g/mol. The van der Waals surface area contributed by atoms with E-state index in [0.29, 0.717) is 0 Å². The van der Waals surface area contributed by atoms with E-state index in [-0.39, 0.29) is 34.3 Å². The monoisotopic (exact) mass is 454 g/mol. The van der Waals surface area contributed by atoms with Crippen molar-refractivity contribution in [3.8, 4) is 0 Å². The van der Waals surface area contributed by atoms with Crippen molar-refractivity contribution in [3.63, 3.8) is 0 Å². The maximum Gasteiger partial charge on any atom is 0.310 e. The number of carbonyl (C=O) groups excluding carboxylic acids is 1. The molecule has 2 unspecified atom stereocenters. The van der Waals surface area contributed by atoms with Gasteiger partial charge in [-0.1, -0.05) is 68.9 Å². The van der Waals surface area contributed by atoms with E-state index in [1.807, 2.05) is 32.0 Å². The molecular weight excluding hydrogens is 443 g/mol. The first-order valence-electron chi connectivity index (χ1n) is 6.36. The predicted octanol–water partition coefficient (Wildman–Crippen LogP) is 5.85. The number of benzene rings is 1. The molecule has 0 saturated heterocycles. The minimum Gasteiger partial charge on any atom is -0.461 e. The highest BCUT2D eigenvalue weighted by molar-refractivity contribution is 9.11. The van der Waals surface area contributed by atoms with Gasteiger partial charge in [0.1, 0.15) is 11.1 Å². The van der Waals surface area contributed by atoms with Gasteiger partial charge in [0.15, 0.2) is 0 Å². The van der Waals surface area contributed by atoms with Gasteiger partial charge in [-0.15, -0.1) is 0 Å². The second-order valence-electron chi connectivity index (χ2n) is 5.67. The van der Waals surface area contributed by atoms with Crippen LogP contribution < -0.4 is 0 Å². The van der Waals surface area contributed by atoms with Crippen molar-refractivity contribution in [2.75, 3.05) is 0 Å². The Balaban J connectivity index is 1.98. The van der Waals surface area contributed by atoms with Crippen LogP contribution in [0.5, 0.6) is 0 Å². The van der Waals surface area contributed by atoms with Crippen LogP contribution in [0.15, 0.2) is 37.7 Å². The van der Waals surface area contributed by atoms with Crippen molar-refractivity contribution in [3.05, 3.63) is 43.3 Å². The van der Waals surface area contributed by atoms with Crippen molar-refractivity contribution >= 4 is 61.0 Å². The first-order chi connectivity index (χ1) is 9.71. The fourth-order valence-electron chi connectivity index (χ4n) is 2.51. The molecule has 2 rings (SSSR count). The van der Waals surface area contributed by atoms with Gasteiger partial charge in [-0.05, 0) is 41.2 Å². The minimum absolute atomic E-state index is 0.0317. The molecule has 1 aromatic rings. The number of hydrogen-bond donors (Lipinski definition) is 0. The maximum atomic E-state index is 12.2. The zero-order valence-electron chi connectivity index (χ0n) is 11.5. The Morgan fingerprint density at radius 1 is 1.29 bits per heavy atom. The van der Waals surface area contributed by atoms with E-state index in [4.69, 9.17) is 27.9 Å². The first kappa shape index (κ1) is 17.3. The van der Waals surface area contributed by atoms with Gasteiger partial charge in [0.25, 0.3) is 0 Å². The summed E-state index contributed by atoms with van der Waals surface area (Å²) < 4.78 is 7.48. The van der Waals surface area contributed by atoms with Crippen molar-refractivity contribution in [2.45, 2.75) is 20.5 Å². The van der Waals surface area contributed by atoms with Crippen LogP contribution in [0.1, 0.15) is 19.4 Å². The van der Waals surface area contributed by atoms with Gasteiger partial charge in [-0.2, -0.15) is 0 Å². The Morgan fingerprint density at radius 3 is 2.38 bits per heavy atom. The standard InChI is InChI=1S/C15H14Br2Cl2O2/c1-15(2)11(6-12(18)19)13(15)14(20)21-7-8-3-9(16)5-10(17)4-8/h3-6,11,13H,7H2,1-2H3. The molecule has 0 heterocycles. The molecule has 1 aliphatic rings. The molecule has 1 aliphatic carbocycles. The van der Waals surface area contributed by atoms with Crippen LogP contribution in [0.3, 0.4) is 0 Å². The molecule has 0 radical (unpaired) electrons. The van der Waals surface area contributed by atoms with Crippen LogP contribution in [0.2, 0.25) is 0 Å². The summed E-state index contributed by atoms with van der Waals surface area (Å²) in [5.41, 5.74) is 0.759. The van der Waals surface area contributed by atoms with E-state index in [9.17, 15) is 4.79 Å². The van der Waals surface area contributed by atoms with Gasteiger partial charge in [-0.3, -0.25) is 4.79 Å². The fraction of sp³-hybridized carbons (Fsp3) is 0.400. The van der Waals surface area contributed by atoms with Gasteiger partial charge in [0.05, 0.1) is 5.92 Å². The van der Waals surface area contributed by atoms with E-state index in [0.717, 1.165) is 14.5 Å². The SMILES string of the molecule is CC1(C)C(C=C(Cl)Cl)C1C(=O)OCc1cc(Br)cc(Br)c1. The van der Waals surface area contributed by atoms with E-state index in [1.165, 1.54) is 0 Å². The van der Waals surface area contributed by atoms with Gasteiger partial charge >= 0.3 is 5.97 Å². The average Bonchev–Trinajstić information content (AvgIpc) is 2.85. The third kappa shape index (κ3) is 4.25. The lowest BCUT2D eigenvalue weighted by atomic mass is 10.1. The number of ether oxygens (including phenoxy) is 1. The highest BCUT2D eigenvalue weighted by atomic mass is 79.9. The van der Waals surface area contributed by atoms with Crippen molar-refractivity contribution in [1.29, 1.82) is 0 Å². The number of hydrogen-bond acceptors (Lipinski definition) is 2. The summed E-state index contributed by atoms with van der Waals surface area (Å²) in [6.45, 7) is 4.26. The lowest BCUT2D eigenvalue weighted by Crippen LogP contribution is -2.10. The Morgan fingerprint density at radius 2 is 1.86 bits per heavy atom. The summed E-state index contributed by atoms with van der Waals surface area (Å²) in [5.74, 6) is -0.378. The van der Waals surface area contributed by atoms with Crippen LogP contribution in [0.4, 0.5) is 0 Å². The summed E-state index contributed by atoms with van der Waals surface area (Å²) in [6.07, 6.45) is 1.71. The molecule has 1 saturated carbocycles. The normalized spacial score (nSPS) is 22.6. The van der Waals surface area contributed by atoms with Crippen molar-refractivity contribution in [1.82, 2.24) is 0 Å². The maximum absolute atomic E-state index is 12.2. The molecule has 1 aromatic carbocycles. The Kier molecular flexibility index (Phi) is 5.45. The van der Waals surface area contributed by atoms with Gasteiger partial charge in [0, 0.05) is 8.95 Å². The van der Waals surface area contributed by atoms with Gasteiger partial charge < -0.3 is 4.74 Å². The summed E-state index contributed by atoms with van der Waals surface area (Å²) in [5, 5.41) is 0. The Labute approximate surface area is 151 Å². The lowest BCUT2D eigenvalue weighted by Gasteiger charge is -2.07. The molecule has 114 valence electrons. The van der Waals surface area contributed by atoms with Crippen LogP contribution in [0.25, 0.3) is 0 Å². The second-order valence-corrected chi connectivity index (χ2v) is 8.51. The Bertz CT molecular complexity index is 575. The molecule has 2 atom stereocenters. The molecule has 0 aliphatic heterocycles. The minimum atomic E-state index is -0.216. The summed E-state index contributed by atoms with van der Waals surface area (Å²) in [6, 6.07) is 5.77. The van der Waals surface area contributed by atoms with Crippen LogP contribution in [0, 0.1) is 17.3 Å². The molecular formula is C15H14Br2Cl2O2. The largest absolute Gasteiger partial charge is 0.461 e. The smallest absolute Gasteiger partial charge is 0.310 e. The zero-order valence-corrected chi connectivity index (χ0v) is 16.2. The molecule has 0 N–H and O–H groups in total. The number of allylic oxidation sites excluding steroid dienone is 1. The third-order valence-electron chi connectivity index (χ3n) is 3.77. The predicted molar refractivity (Wildman–Crippen MR) is 92.2 cm³/mol. The number of halogens is 4. The van der Waals surface area contributed by atoms with Gasteiger partial charge in [0.2, 0.25) is 0 Å². The zero-order chi connectivity index (χ0) is 15.8. The van der Waals surface area contributed by atoms with E-state index in [1.54, 1.807) is 6.08 Å². The van der Waals surface area contributed by atoms with Crippen molar-refractivity contribution < 1.29 is 9.53 Å². The van der Waals surface area contributed by atoms with Crippen LogP contribution >= 0.6 is 55.1 Å². The molecule has 21 heavy (non-hydrogen) atoms. The molecule has 0 aromatic heterocycles. The summed E-state index contributed by atoms with van der Waals surface area (Å²) in [4.78, 5) is 12.2. The highest BCUT2D eigenvalue weighted by Crippen LogP contribution is 2.60. The Hall–Kier alpha value is -0.0300. The van der Waals surface area contributed by atoms with Crippen molar-refractivity contribution in [2.24, 2.45) is 17.3 Å².